The molecule has 0 saturated heterocycles. The van der Waals surface area contributed by atoms with Crippen LogP contribution in [0.15, 0.2) is 24.3 Å². The molecule has 5 nitrogen and oxygen atoms in total. The van der Waals surface area contributed by atoms with E-state index in [1.807, 2.05) is 38.1 Å². The molecule has 1 N–H and O–H groups in total. The van der Waals surface area contributed by atoms with Gasteiger partial charge in [0.15, 0.2) is 0 Å². The highest BCUT2D eigenvalue weighted by molar-refractivity contribution is 5.83. The van der Waals surface area contributed by atoms with Crippen LogP contribution < -0.4 is 0 Å². The molecule has 0 saturated carbocycles. The van der Waals surface area contributed by atoms with E-state index in [4.69, 9.17) is 0 Å². The molecule has 1 unspecified atom stereocenters. The predicted octanol–water partition coefficient (Wildman–Crippen LogP) is 2.35. The standard InChI is InChI=1S/C16H22N2O3/c1-4-11(2)17(3)16(21)18-10-13-8-6-5-7-12(13)9-14(18)15(19)20/h5-8,11,14H,4,9-10H2,1-3H3,(H,19,20)/t11?,14-/m0/s1. The van der Waals surface area contributed by atoms with E-state index >= 15 is 0 Å². The van der Waals surface area contributed by atoms with Gasteiger partial charge in [-0.15, -0.1) is 0 Å². The van der Waals surface area contributed by atoms with E-state index in [1.165, 1.54) is 4.90 Å². The van der Waals surface area contributed by atoms with E-state index in [0.717, 1.165) is 17.5 Å². The zero-order chi connectivity index (χ0) is 15.6. The summed E-state index contributed by atoms with van der Waals surface area (Å²) in [5.41, 5.74) is 2.04. The Morgan fingerprint density at radius 2 is 2.00 bits per heavy atom. The Hall–Kier alpha value is -2.04. The predicted molar refractivity (Wildman–Crippen MR) is 80.0 cm³/mol. The molecule has 1 aromatic rings. The number of fused-ring (bicyclic) bond motifs is 1. The highest BCUT2D eigenvalue weighted by Gasteiger charge is 2.36. The number of nitrogens with zero attached hydrogens (tertiary/aromatic N) is 2. The summed E-state index contributed by atoms with van der Waals surface area (Å²) >= 11 is 0. The summed E-state index contributed by atoms with van der Waals surface area (Å²) in [7, 11) is 1.73. The highest BCUT2D eigenvalue weighted by Crippen LogP contribution is 2.25. The van der Waals surface area contributed by atoms with Gasteiger partial charge in [0.2, 0.25) is 0 Å². The molecular formula is C16H22N2O3. The molecule has 21 heavy (non-hydrogen) atoms. The Kier molecular flexibility index (Phi) is 4.50. The first-order chi connectivity index (χ1) is 9.95. The van der Waals surface area contributed by atoms with Gasteiger partial charge in [-0.2, -0.15) is 0 Å². The van der Waals surface area contributed by atoms with Gasteiger partial charge in [0.1, 0.15) is 6.04 Å². The average Bonchev–Trinajstić information content (AvgIpc) is 2.51. The number of carbonyl (C=O) groups is 2. The van der Waals surface area contributed by atoms with Crippen LogP contribution in [0.5, 0.6) is 0 Å². The Morgan fingerprint density at radius 3 is 2.57 bits per heavy atom. The fraction of sp³-hybridized carbons (Fsp3) is 0.500. The van der Waals surface area contributed by atoms with Crippen molar-refractivity contribution in [2.24, 2.45) is 0 Å². The van der Waals surface area contributed by atoms with Crippen LogP contribution in [-0.4, -0.2) is 46.0 Å². The maximum atomic E-state index is 12.6. The van der Waals surface area contributed by atoms with Crippen LogP contribution in [0.3, 0.4) is 0 Å². The summed E-state index contributed by atoms with van der Waals surface area (Å²) in [5, 5.41) is 9.45. The lowest BCUT2D eigenvalue weighted by Gasteiger charge is -2.38. The molecule has 0 bridgehead atoms. The fourth-order valence-electron chi connectivity index (χ4n) is 2.61. The van der Waals surface area contributed by atoms with Crippen LogP contribution in [0.4, 0.5) is 4.79 Å². The summed E-state index contributed by atoms with van der Waals surface area (Å²) in [4.78, 5) is 27.2. The number of urea groups is 1. The molecular weight excluding hydrogens is 268 g/mol. The van der Waals surface area contributed by atoms with Crippen molar-refractivity contribution >= 4 is 12.0 Å². The molecule has 0 spiro atoms. The summed E-state index contributed by atoms with van der Waals surface area (Å²) in [6.45, 7) is 4.33. The van der Waals surface area contributed by atoms with Crippen LogP contribution in [0, 0.1) is 0 Å². The quantitative estimate of drug-likeness (QED) is 0.929. The third kappa shape index (κ3) is 3.01. The van der Waals surface area contributed by atoms with Crippen LogP contribution in [-0.2, 0) is 17.8 Å². The molecule has 0 radical (unpaired) electrons. The Balaban J connectivity index is 2.28. The number of carbonyl (C=O) groups excluding carboxylic acids is 1. The number of amides is 2. The monoisotopic (exact) mass is 290 g/mol. The van der Waals surface area contributed by atoms with E-state index in [1.54, 1.807) is 11.9 Å². The summed E-state index contributed by atoms with van der Waals surface area (Å²) in [5.74, 6) is -0.949. The Morgan fingerprint density at radius 1 is 1.38 bits per heavy atom. The molecule has 5 heteroatoms. The van der Waals surface area contributed by atoms with Gasteiger partial charge in [-0.05, 0) is 24.5 Å². The zero-order valence-corrected chi connectivity index (χ0v) is 12.7. The summed E-state index contributed by atoms with van der Waals surface area (Å²) in [6, 6.07) is 6.79. The molecule has 0 fully saturated rings. The fourth-order valence-corrected chi connectivity index (χ4v) is 2.61. The lowest BCUT2D eigenvalue weighted by atomic mass is 9.94. The Labute approximate surface area is 125 Å². The highest BCUT2D eigenvalue weighted by atomic mass is 16.4. The third-order valence-corrected chi connectivity index (χ3v) is 4.33. The minimum atomic E-state index is -0.949. The maximum absolute atomic E-state index is 12.6. The first kappa shape index (κ1) is 15.4. The number of benzene rings is 1. The molecule has 2 atom stereocenters. The number of carboxylic acid groups (broad SMARTS) is 1. The van der Waals surface area contributed by atoms with E-state index in [-0.39, 0.29) is 12.1 Å². The van der Waals surface area contributed by atoms with E-state index in [9.17, 15) is 14.7 Å². The maximum Gasteiger partial charge on any atom is 0.326 e. The molecule has 2 amide bonds. The van der Waals surface area contributed by atoms with Gasteiger partial charge in [-0.3, -0.25) is 0 Å². The molecule has 1 aromatic carbocycles. The van der Waals surface area contributed by atoms with Crippen molar-refractivity contribution in [1.29, 1.82) is 0 Å². The second-order valence-electron chi connectivity index (χ2n) is 5.61. The molecule has 1 heterocycles. The molecule has 114 valence electrons. The zero-order valence-electron chi connectivity index (χ0n) is 12.7. The minimum Gasteiger partial charge on any atom is -0.480 e. The second-order valence-corrected chi connectivity index (χ2v) is 5.61. The van der Waals surface area contributed by atoms with Gasteiger partial charge < -0.3 is 14.9 Å². The number of hydrogen-bond donors (Lipinski definition) is 1. The third-order valence-electron chi connectivity index (χ3n) is 4.33. The minimum absolute atomic E-state index is 0.0871. The van der Waals surface area contributed by atoms with Crippen molar-refractivity contribution in [3.05, 3.63) is 35.4 Å². The number of carboxylic acids is 1. The van der Waals surface area contributed by atoms with Gasteiger partial charge >= 0.3 is 12.0 Å². The normalized spacial score (nSPS) is 18.8. The Bertz CT molecular complexity index is 544. The average molecular weight is 290 g/mol. The second kappa shape index (κ2) is 6.16. The SMILES string of the molecule is CCC(C)N(C)C(=O)N1Cc2ccccc2C[C@H]1C(=O)O. The lowest BCUT2D eigenvalue weighted by Crippen LogP contribution is -2.54. The molecule has 0 aromatic heterocycles. The van der Waals surface area contributed by atoms with Crippen LogP contribution in [0.1, 0.15) is 31.4 Å². The molecule has 1 aliphatic rings. The van der Waals surface area contributed by atoms with Gasteiger partial charge in [-0.25, -0.2) is 9.59 Å². The lowest BCUT2D eigenvalue weighted by molar-refractivity contribution is -0.142. The first-order valence-corrected chi connectivity index (χ1v) is 7.28. The molecule has 2 rings (SSSR count). The van der Waals surface area contributed by atoms with Crippen LogP contribution >= 0.6 is 0 Å². The number of aliphatic carboxylic acids is 1. The molecule has 0 aliphatic carbocycles. The largest absolute Gasteiger partial charge is 0.480 e. The first-order valence-electron chi connectivity index (χ1n) is 7.28. The van der Waals surface area contributed by atoms with E-state index in [0.29, 0.717) is 13.0 Å². The van der Waals surface area contributed by atoms with Gasteiger partial charge in [0.25, 0.3) is 0 Å². The topological polar surface area (TPSA) is 60.9 Å². The van der Waals surface area contributed by atoms with E-state index in [2.05, 4.69) is 0 Å². The van der Waals surface area contributed by atoms with Crippen LogP contribution in [0.25, 0.3) is 0 Å². The van der Waals surface area contributed by atoms with Crippen molar-refractivity contribution in [2.45, 2.75) is 45.3 Å². The smallest absolute Gasteiger partial charge is 0.326 e. The van der Waals surface area contributed by atoms with Crippen molar-refractivity contribution in [3.63, 3.8) is 0 Å². The van der Waals surface area contributed by atoms with Gasteiger partial charge in [0.05, 0.1) is 0 Å². The number of hydrogen-bond acceptors (Lipinski definition) is 2. The number of rotatable bonds is 3. The van der Waals surface area contributed by atoms with Crippen molar-refractivity contribution < 1.29 is 14.7 Å². The summed E-state index contributed by atoms with van der Waals surface area (Å²) in [6.07, 6.45) is 1.20. The van der Waals surface area contributed by atoms with Gasteiger partial charge in [0, 0.05) is 26.1 Å². The van der Waals surface area contributed by atoms with Crippen molar-refractivity contribution in [1.82, 2.24) is 9.80 Å². The van der Waals surface area contributed by atoms with E-state index < -0.39 is 12.0 Å². The van der Waals surface area contributed by atoms with Gasteiger partial charge in [-0.1, -0.05) is 31.2 Å². The van der Waals surface area contributed by atoms with Crippen molar-refractivity contribution in [3.8, 4) is 0 Å². The van der Waals surface area contributed by atoms with Crippen molar-refractivity contribution in [2.75, 3.05) is 7.05 Å². The molecule has 1 aliphatic heterocycles. The van der Waals surface area contributed by atoms with Crippen LogP contribution in [0.2, 0.25) is 0 Å². The summed E-state index contributed by atoms with van der Waals surface area (Å²) < 4.78 is 0.